The lowest BCUT2D eigenvalue weighted by molar-refractivity contribution is 0.0814. The summed E-state index contributed by atoms with van der Waals surface area (Å²) < 4.78 is 5.48. The zero-order valence-electron chi connectivity index (χ0n) is 10.9. The highest BCUT2D eigenvalue weighted by molar-refractivity contribution is 5.14. The molecule has 1 aromatic rings. The van der Waals surface area contributed by atoms with Crippen LogP contribution in [0.15, 0.2) is 30.3 Å². The van der Waals surface area contributed by atoms with Gasteiger partial charge in [-0.1, -0.05) is 30.3 Å². The largest absolute Gasteiger partial charge is 0.380 e. The van der Waals surface area contributed by atoms with E-state index in [4.69, 9.17) is 4.74 Å². The van der Waals surface area contributed by atoms with E-state index in [0.29, 0.717) is 6.04 Å². The molecule has 2 heterocycles. The molecular formula is C15H22N2O. The summed E-state index contributed by atoms with van der Waals surface area (Å²) in [6.45, 7) is 7.75. The fraction of sp³-hybridized carbons (Fsp3) is 0.600. The Morgan fingerprint density at radius 3 is 2.50 bits per heavy atom. The maximum atomic E-state index is 5.48. The van der Waals surface area contributed by atoms with Gasteiger partial charge in [0, 0.05) is 45.4 Å². The van der Waals surface area contributed by atoms with Crippen molar-refractivity contribution in [2.75, 3.05) is 39.4 Å². The highest BCUT2D eigenvalue weighted by Crippen LogP contribution is 2.15. The fourth-order valence-electron chi connectivity index (χ4n) is 2.94. The number of benzene rings is 1. The van der Waals surface area contributed by atoms with E-state index in [1.807, 2.05) is 0 Å². The van der Waals surface area contributed by atoms with Gasteiger partial charge in [0.1, 0.15) is 0 Å². The Hall–Kier alpha value is -0.900. The molecule has 2 aliphatic rings. The normalized spacial score (nSPS) is 26.6. The zero-order valence-corrected chi connectivity index (χ0v) is 10.9. The van der Waals surface area contributed by atoms with E-state index >= 15 is 0 Å². The van der Waals surface area contributed by atoms with E-state index < -0.39 is 0 Å². The third-order valence-corrected chi connectivity index (χ3v) is 4.08. The lowest BCUT2D eigenvalue weighted by atomic mass is 10.1. The molecule has 0 aliphatic carbocycles. The van der Waals surface area contributed by atoms with Crippen molar-refractivity contribution in [1.29, 1.82) is 0 Å². The van der Waals surface area contributed by atoms with Crippen LogP contribution in [-0.4, -0.2) is 55.2 Å². The Labute approximate surface area is 109 Å². The van der Waals surface area contributed by atoms with E-state index in [-0.39, 0.29) is 0 Å². The minimum Gasteiger partial charge on any atom is -0.380 e. The van der Waals surface area contributed by atoms with Gasteiger partial charge in [-0.05, 0) is 12.0 Å². The van der Waals surface area contributed by atoms with E-state index in [1.54, 1.807) is 0 Å². The number of ether oxygens (including phenoxy) is 1. The standard InChI is InChI=1S/C15H22N2O/c1-2-4-14(5-3-1)12-16-7-9-17(10-8-16)15-6-11-18-13-15/h1-5,15H,6-13H2. The third kappa shape index (κ3) is 2.91. The van der Waals surface area contributed by atoms with E-state index in [0.717, 1.165) is 19.8 Å². The smallest absolute Gasteiger partial charge is 0.0622 e. The monoisotopic (exact) mass is 246 g/mol. The van der Waals surface area contributed by atoms with Crippen LogP contribution in [0.25, 0.3) is 0 Å². The highest BCUT2D eigenvalue weighted by atomic mass is 16.5. The molecule has 1 aromatic carbocycles. The van der Waals surface area contributed by atoms with Crippen molar-refractivity contribution in [1.82, 2.24) is 9.80 Å². The highest BCUT2D eigenvalue weighted by Gasteiger charge is 2.26. The third-order valence-electron chi connectivity index (χ3n) is 4.08. The van der Waals surface area contributed by atoms with Crippen molar-refractivity contribution in [3.8, 4) is 0 Å². The van der Waals surface area contributed by atoms with Crippen molar-refractivity contribution in [3.63, 3.8) is 0 Å². The van der Waals surface area contributed by atoms with Gasteiger partial charge in [-0.2, -0.15) is 0 Å². The summed E-state index contributed by atoms with van der Waals surface area (Å²) in [5.74, 6) is 0. The van der Waals surface area contributed by atoms with Gasteiger partial charge in [-0.3, -0.25) is 9.80 Å². The second-order valence-corrected chi connectivity index (χ2v) is 5.32. The van der Waals surface area contributed by atoms with Gasteiger partial charge in [0.05, 0.1) is 6.61 Å². The molecule has 0 radical (unpaired) electrons. The molecule has 1 atom stereocenters. The van der Waals surface area contributed by atoms with Crippen molar-refractivity contribution >= 4 is 0 Å². The first kappa shape index (κ1) is 12.2. The second kappa shape index (κ2) is 5.83. The Bertz CT molecular complexity index is 354. The zero-order chi connectivity index (χ0) is 12.2. The molecule has 0 saturated carbocycles. The van der Waals surface area contributed by atoms with Crippen LogP contribution in [0, 0.1) is 0 Å². The molecule has 0 aromatic heterocycles. The summed E-state index contributed by atoms with van der Waals surface area (Å²) in [5, 5.41) is 0. The topological polar surface area (TPSA) is 15.7 Å². The van der Waals surface area contributed by atoms with Crippen LogP contribution in [0.3, 0.4) is 0 Å². The molecule has 0 amide bonds. The maximum absolute atomic E-state index is 5.48. The second-order valence-electron chi connectivity index (χ2n) is 5.32. The summed E-state index contributed by atoms with van der Waals surface area (Å²) in [7, 11) is 0. The average molecular weight is 246 g/mol. The Morgan fingerprint density at radius 1 is 1.06 bits per heavy atom. The maximum Gasteiger partial charge on any atom is 0.0622 e. The Kier molecular flexibility index (Phi) is 3.93. The van der Waals surface area contributed by atoms with Crippen molar-refractivity contribution in [3.05, 3.63) is 35.9 Å². The molecule has 0 bridgehead atoms. The molecule has 2 fully saturated rings. The molecule has 3 heteroatoms. The number of piperazine rings is 1. The summed E-state index contributed by atoms with van der Waals surface area (Å²) in [4.78, 5) is 5.16. The molecule has 3 rings (SSSR count). The first-order chi connectivity index (χ1) is 8.92. The van der Waals surface area contributed by atoms with Crippen LogP contribution in [0.5, 0.6) is 0 Å². The van der Waals surface area contributed by atoms with Crippen LogP contribution in [0.2, 0.25) is 0 Å². The van der Waals surface area contributed by atoms with Crippen molar-refractivity contribution < 1.29 is 4.74 Å². The molecule has 3 nitrogen and oxygen atoms in total. The molecule has 1 unspecified atom stereocenters. The predicted octanol–water partition coefficient (Wildman–Crippen LogP) is 1.59. The van der Waals surface area contributed by atoms with Crippen LogP contribution >= 0.6 is 0 Å². The van der Waals surface area contributed by atoms with Gasteiger partial charge in [0.2, 0.25) is 0 Å². The number of nitrogens with zero attached hydrogens (tertiary/aromatic N) is 2. The van der Waals surface area contributed by atoms with Crippen molar-refractivity contribution in [2.24, 2.45) is 0 Å². The molecular weight excluding hydrogens is 224 g/mol. The molecule has 18 heavy (non-hydrogen) atoms. The summed E-state index contributed by atoms with van der Waals surface area (Å²) in [6, 6.07) is 11.5. The fourth-order valence-corrected chi connectivity index (χ4v) is 2.94. The van der Waals surface area contributed by atoms with Gasteiger partial charge >= 0.3 is 0 Å². The molecule has 0 spiro atoms. The average Bonchev–Trinajstić information content (AvgIpc) is 2.95. The first-order valence-corrected chi connectivity index (χ1v) is 7.00. The van der Waals surface area contributed by atoms with E-state index in [2.05, 4.69) is 40.1 Å². The van der Waals surface area contributed by atoms with Crippen LogP contribution in [0.1, 0.15) is 12.0 Å². The van der Waals surface area contributed by atoms with Crippen molar-refractivity contribution in [2.45, 2.75) is 19.0 Å². The van der Waals surface area contributed by atoms with Crippen LogP contribution in [-0.2, 0) is 11.3 Å². The summed E-state index contributed by atoms with van der Waals surface area (Å²) in [5.41, 5.74) is 1.43. The van der Waals surface area contributed by atoms with Crippen LogP contribution in [0.4, 0.5) is 0 Å². The predicted molar refractivity (Wildman–Crippen MR) is 72.5 cm³/mol. The van der Waals surface area contributed by atoms with Gasteiger partial charge in [-0.25, -0.2) is 0 Å². The first-order valence-electron chi connectivity index (χ1n) is 7.00. The lowest BCUT2D eigenvalue weighted by Gasteiger charge is -2.37. The Morgan fingerprint density at radius 2 is 1.83 bits per heavy atom. The summed E-state index contributed by atoms with van der Waals surface area (Å²) >= 11 is 0. The van der Waals surface area contributed by atoms with E-state index in [9.17, 15) is 0 Å². The molecule has 0 N–H and O–H groups in total. The van der Waals surface area contributed by atoms with Crippen LogP contribution < -0.4 is 0 Å². The SMILES string of the molecule is c1ccc(CN2CCN(C3CCOC3)CC2)cc1. The number of hydrogen-bond donors (Lipinski definition) is 0. The minimum absolute atomic E-state index is 0.684. The Balaban J connectivity index is 1.48. The van der Waals surface area contributed by atoms with Gasteiger partial charge in [-0.15, -0.1) is 0 Å². The minimum atomic E-state index is 0.684. The molecule has 2 saturated heterocycles. The van der Waals surface area contributed by atoms with Gasteiger partial charge in [0.15, 0.2) is 0 Å². The lowest BCUT2D eigenvalue weighted by Crippen LogP contribution is -2.50. The summed E-state index contributed by atoms with van der Waals surface area (Å²) in [6.07, 6.45) is 1.22. The molecule has 98 valence electrons. The van der Waals surface area contributed by atoms with E-state index in [1.165, 1.54) is 38.2 Å². The quantitative estimate of drug-likeness (QED) is 0.805. The van der Waals surface area contributed by atoms with Gasteiger partial charge in [0.25, 0.3) is 0 Å². The number of rotatable bonds is 3. The number of hydrogen-bond acceptors (Lipinski definition) is 3. The molecule has 2 aliphatic heterocycles. The van der Waals surface area contributed by atoms with Gasteiger partial charge < -0.3 is 4.74 Å².